The second-order valence-electron chi connectivity index (χ2n) is 4.95. The largest absolute Gasteiger partial charge is 0.506 e. The number of hydrogen-bond acceptors (Lipinski definition) is 5. The molecule has 5 nitrogen and oxygen atoms in total. The van der Waals surface area contributed by atoms with Crippen LogP contribution >= 0.6 is 15.9 Å². The highest BCUT2D eigenvalue weighted by atomic mass is 79.9. The van der Waals surface area contributed by atoms with E-state index in [9.17, 15) is 9.90 Å². The normalized spacial score (nSPS) is 12.0. The second-order valence-corrected chi connectivity index (χ2v) is 5.86. The Morgan fingerprint density at radius 2 is 1.80 bits per heavy atom. The predicted octanol–water partition coefficient (Wildman–Crippen LogP) is 4.69. The van der Waals surface area contributed by atoms with Gasteiger partial charge < -0.3 is 14.6 Å². The predicted molar refractivity (Wildman–Crippen MR) is 101 cm³/mol. The van der Waals surface area contributed by atoms with Gasteiger partial charge in [-0.3, -0.25) is 4.99 Å². The lowest BCUT2D eigenvalue weighted by atomic mass is 10.1. The number of esters is 1. The van der Waals surface area contributed by atoms with Crippen molar-refractivity contribution in [2.24, 2.45) is 4.99 Å². The topological polar surface area (TPSA) is 68.1 Å². The molecule has 0 saturated carbocycles. The van der Waals surface area contributed by atoms with Crippen LogP contribution in [0.4, 0.5) is 5.69 Å². The summed E-state index contributed by atoms with van der Waals surface area (Å²) in [6, 6.07) is 13.9. The fourth-order valence-electron chi connectivity index (χ4n) is 1.99. The lowest BCUT2D eigenvalue weighted by Crippen LogP contribution is -2.11. The number of nitrogens with zero attached hydrogens (tertiary/aromatic N) is 1. The SMILES string of the molecule is CCOC(=O)/C(C=Nc1ccc(OC)cc1)=C(/O)c1ccc(Br)cc1. The van der Waals surface area contributed by atoms with Crippen molar-refractivity contribution in [3.8, 4) is 5.75 Å². The minimum absolute atomic E-state index is 0.0139. The van der Waals surface area contributed by atoms with E-state index >= 15 is 0 Å². The van der Waals surface area contributed by atoms with Crippen molar-refractivity contribution in [1.29, 1.82) is 0 Å². The average Bonchev–Trinajstić information content (AvgIpc) is 2.63. The average molecular weight is 404 g/mol. The van der Waals surface area contributed by atoms with Crippen LogP contribution in [0.15, 0.2) is 63.6 Å². The molecule has 0 bridgehead atoms. The Morgan fingerprint density at radius 3 is 2.36 bits per heavy atom. The molecule has 130 valence electrons. The Morgan fingerprint density at radius 1 is 1.16 bits per heavy atom. The van der Waals surface area contributed by atoms with Crippen molar-refractivity contribution in [3.05, 3.63) is 64.1 Å². The number of benzene rings is 2. The maximum Gasteiger partial charge on any atom is 0.343 e. The summed E-state index contributed by atoms with van der Waals surface area (Å²) in [4.78, 5) is 16.4. The van der Waals surface area contributed by atoms with Crippen LogP contribution in [0.5, 0.6) is 5.75 Å². The molecule has 1 N–H and O–H groups in total. The molecule has 2 aromatic carbocycles. The summed E-state index contributed by atoms with van der Waals surface area (Å²) in [7, 11) is 1.58. The number of aliphatic hydroxyl groups is 1. The molecule has 0 saturated heterocycles. The molecule has 0 aliphatic carbocycles. The van der Waals surface area contributed by atoms with E-state index in [0.717, 1.165) is 4.47 Å². The molecule has 0 aliphatic rings. The van der Waals surface area contributed by atoms with Gasteiger partial charge in [0.2, 0.25) is 0 Å². The van der Waals surface area contributed by atoms with Crippen LogP contribution in [0.25, 0.3) is 5.76 Å². The Balaban J connectivity index is 2.37. The maximum absolute atomic E-state index is 12.2. The van der Waals surface area contributed by atoms with E-state index in [4.69, 9.17) is 9.47 Å². The van der Waals surface area contributed by atoms with Crippen molar-refractivity contribution in [2.75, 3.05) is 13.7 Å². The number of carbonyl (C=O) groups is 1. The summed E-state index contributed by atoms with van der Waals surface area (Å²) >= 11 is 3.33. The first kappa shape index (κ1) is 18.7. The quantitative estimate of drug-likeness (QED) is 0.328. The van der Waals surface area contributed by atoms with E-state index < -0.39 is 5.97 Å². The summed E-state index contributed by atoms with van der Waals surface area (Å²) in [5.41, 5.74) is 1.10. The van der Waals surface area contributed by atoms with Crippen LogP contribution in [0.1, 0.15) is 12.5 Å². The van der Waals surface area contributed by atoms with Crippen molar-refractivity contribution in [2.45, 2.75) is 6.92 Å². The second kappa shape index (κ2) is 9.03. The Labute approximate surface area is 154 Å². The third-order valence-corrected chi connectivity index (χ3v) is 3.81. The van der Waals surface area contributed by atoms with E-state index in [1.165, 1.54) is 6.21 Å². The summed E-state index contributed by atoms with van der Waals surface area (Å²) in [6.45, 7) is 1.90. The fraction of sp³-hybridized carbons (Fsp3) is 0.158. The minimum Gasteiger partial charge on any atom is -0.506 e. The molecule has 25 heavy (non-hydrogen) atoms. The van der Waals surface area contributed by atoms with Crippen LogP contribution in [0.3, 0.4) is 0 Å². The zero-order chi connectivity index (χ0) is 18.2. The van der Waals surface area contributed by atoms with Crippen molar-refractivity contribution in [3.63, 3.8) is 0 Å². The van der Waals surface area contributed by atoms with E-state index in [-0.39, 0.29) is 17.9 Å². The first-order valence-corrected chi connectivity index (χ1v) is 8.39. The smallest absolute Gasteiger partial charge is 0.343 e. The number of ether oxygens (including phenoxy) is 2. The number of aliphatic imine (C=N–C) groups is 1. The maximum atomic E-state index is 12.2. The van der Waals surface area contributed by atoms with Gasteiger partial charge in [-0.05, 0) is 43.3 Å². The monoisotopic (exact) mass is 403 g/mol. The third-order valence-electron chi connectivity index (χ3n) is 3.28. The van der Waals surface area contributed by atoms with Crippen LogP contribution in [-0.4, -0.2) is 31.0 Å². The van der Waals surface area contributed by atoms with Crippen LogP contribution in [0.2, 0.25) is 0 Å². The van der Waals surface area contributed by atoms with Crippen molar-refractivity contribution in [1.82, 2.24) is 0 Å². The molecule has 0 radical (unpaired) electrons. The molecule has 2 aromatic rings. The van der Waals surface area contributed by atoms with Gasteiger partial charge in [-0.15, -0.1) is 0 Å². The highest BCUT2D eigenvalue weighted by Crippen LogP contribution is 2.21. The minimum atomic E-state index is -0.639. The Bertz CT molecular complexity index is 780. The Hall–Kier alpha value is -2.60. The molecular formula is C19H18BrNO4. The summed E-state index contributed by atoms with van der Waals surface area (Å²) < 4.78 is 11.0. The summed E-state index contributed by atoms with van der Waals surface area (Å²) in [6.07, 6.45) is 1.30. The molecule has 0 atom stereocenters. The molecule has 6 heteroatoms. The van der Waals surface area contributed by atoms with E-state index in [0.29, 0.717) is 17.0 Å². The number of carbonyl (C=O) groups excluding carboxylic acids is 1. The number of aliphatic hydroxyl groups excluding tert-OH is 1. The van der Waals surface area contributed by atoms with Crippen LogP contribution in [-0.2, 0) is 9.53 Å². The molecule has 0 heterocycles. The highest BCUT2D eigenvalue weighted by molar-refractivity contribution is 9.10. The number of halogens is 1. The van der Waals surface area contributed by atoms with Crippen molar-refractivity contribution < 1.29 is 19.4 Å². The standard InChI is InChI=1S/C19H18BrNO4/c1-3-25-19(23)17(18(22)13-4-6-14(20)7-5-13)12-21-15-8-10-16(24-2)11-9-15/h4-12,22H,3H2,1-2H3/b18-17+,21-12?. The lowest BCUT2D eigenvalue weighted by Gasteiger charge is -2.07. The Kier molecular flexibility index (Phi) is 6.77. The van der Waals surface area contributed by atoms with Crippen LogP contribution < -0.4 is 4.74 Å². The van der Waals surface area contributed by atoms with Gasteiger partial charge in [0.15, 0.2) is 0 Å². The number of methoxy groups -OCH3 is 1. The summed E-state index contributed by atoms with van der Waals surface area (Å²) in [5, 5.41) is 10.5. The molecular weight excluding hydrogens is 386 g/mol. The number of hydrogen-bond donors (Lipinski definition) is 1. The van der Waals surface area contributed by atoms with Gasteiger partial charge in [0.05, 0.1) is 19.4 Å². The first-order valence-electron chi connectivity index (χ1n) is 7.59. The molecule has 0 aromatic heterocycles. The molecule has 0 spiro atoms. The molecule has 0 aliphatic heterocycles. The van der Waals surface area contributed by atoms with Gasteiger partial charge >= 0.3 is 5.97 Å². The van der Waals surface area contributed by atoms with Gasteiger partial charge in [0.1, 0.15) is 17.1 Å². The van der Waals surface area contributed by atoms with Crippen LogP contribution in [0, 0.1) is 0 Å². The van der Waals surface area contributed by atoms with Gasteiger partial charge in [-0.25, -0.2) is 4.79 Å². The lowest BCUT2D eigenvalue weighted by molar-refractivity contribution is -0.137. The zero-order valence-electron chi connectivity index (χ0n) is 13.9. The molecule has 0 fully saturated rings. The molecule has 2 rings (SSSR count). The first-order chi connectivity index (χ1) is 12.0. The summed E-state index contributed by atoms with van der Waals surface area (Å²) in [5.74, 6) is -0.124. The third kappa shape index (κ3) is 5.19. The number of rotatable bonds is 6. The van der Waals surface area contributed by atoms with E-state index in [1.54, 1.807) is 62.6 Å². The van der Waals surface area contributed by atoms with Gasteiger partial charge in [0, 0.05) is 16.3 Å². The molecule has 0 unspecified atom stereocenters. The zero-order valence-corrected chi connectivity index (χ0v) is 15.5. The van der Waals surface area contributed by atoms with Gasteiger partial charge in [-0.2, -0.15) is 0 Å². The highest BCUT2D eigenvalue weighted by Gasteiger charge is 2.16. The fourth-order valence-corrected chi connectivity index (χ4v) is 2.25. The van der Waals surface area contributed by atoms with E-state index in [1.807, 2.05) is 0 Å². The van der Waals surface area contributed by atoms with Crippen molar-refractivity contribution >= 4 is 39.6 Å². The van der Waals surface area contributed by atoms with E-state index in [2.05, 4.69) is 20.9 Å². The van der Waals surface area contributed by atoms with Gasteiger partial charge in [0.25, 0.3) is 0 Å². The van der Waals surface area contributed by atoms with Gasteiger partial charge in [-0.1, -0.05) is 28.1 Å². The molecule has 0 amide bonds.